The largest absolute Gasteiger partial charge is 0.311 e. The highest BCUT2D eigenvalue weighted by Gasteiger charge is 2.44. The minimum absolute atomic E-state index is 0.128. The molecule has 0 saturated carbocycles. The Balaban J connectivity index is 1.22. The molecular weight excluding hydrogens is 775 g/mol. The molecule has 0 saturated heterocycles. The quantitative estimate of drug-likeness (QED) is 0.157. The van der Waals surface area contributed by atoms with Crippen molar-refractivity contribution in [2.75, 3.05) is 9.80 Å². The number of hydrogen-bond acceptors (Lipinski definition) is 4. The minimum Gasteiger partial charge on any atom is -0.311 e. The summed E-state index contributed by atoms with van der Waals surface area (Å²) in [6.07, 6.45) is 0. The predicted octanol–water partition coefficient (Wildman–Crippen LogP) is 13.1. The van der Waals surface area contributed by atoms with Gasteiger partial charge in [-0.25, -0.2) is 0 Å². The van der Waals surface area contributed by atoms with Crippen molar-refractivity contribution >= 4 is 57.2 Å². The Morgan fingerprint density at radius 2 is 0.719 bits per heavy atom. The second-order valence-corrected chi connectivity index (χ2v) is 17.1. The molecular formula is C59H41BN4. The molecule has 64 heavy (non-hydrogen) atoms. The topological polar surface area (TPSA) is 54.1 Å². The molecule has 11 rings (SSSR count). The summed E-state index contributed by atoms with van der Waals surface area (Å²) in [7, 11) is 0. The molecule has 0 atom stereocenters. The van der Waals surface area contributed by atoms with Gasteiger partial charge in [-0.2, -0.15) is 10.5 Å². The number of benzene rings is 9. The summed E-state index contributed by atoms with van der Waals surface area (Å²) in [5.74, 6) is 0. The van der Waals surface area contributed by atoms with Gasteiger partial charge in [-0.15, -0.1) is 0 Å². The van der Waals surface area contributed by atoms with Crippen LogP contribution < -0.4 is 26.2 Å². The molecule has 4 nitrogen and oxygen atoms in total. The van der Waals surface area contributed by atoms with Crippen LogP contribution in [0, 0.1) is 43.4 Å². The maximum atomic E-state index is 9.66. The van der Waals surface area contributed by atoms with Crippen LogP contribution in [0.1, 0.15) is 27.8 Å². The lowest BCUT2D eigenvalue weighted by Crippen LogP contribution is -2.61. The summed E-state index contributed by atoms with van der Waals surface area (Å²) in [6.45, 7) is 6.46. The first-order valence-corrected chi connectivity index (χ1v) is 21.7. The maximum absolute atomic E-state index is 9.66. The van der Waals surface area contributed by atoms with Crippen molar-refractivity contribution in [3.05, 3.63) is 222 Å². The van der Waals surface area contributed by atoms with E-state index in [0.717, 1.165) is 56.4 Å². The third-order valence-electron chi connectivity index (χ3n) is 12.8. The molecule has 0 amide bonds. The van der Waals surface area contributed by atoms with E-state index in [1.54, 1.807) is 0 Å². The molecule has 0 spiro atoms. The molecule has 2 aliphatic rings. The van der Waals surface area contributed by atoms with Gasteiger partial charge in [0, 0.05) is 34.1 Å². The molecule has 2 aliphatic heterocycles. The molecule has 0 N–H and O–H groups in total. The first-order chi connectivity index (χ1) is 31.3. The van der Waals surface area contributed by atoms with E-state index in [2.05, 4.69) is 213 Å². The van der Waals surface area contributed by atoms with Crippen LogP contribution in [0.5, 0.6) is 0 Å². The number of nitrogens with zero attached hydrogens (tertiary/aromatic N) is 4. The van der Waals surface area contributed by atoms with E-state index >= 15 is 0 Å². The van der Waals surface area contributed by atoms with Crippen molar-refractivity contribution in [2.24, 2.45) is 0 Å². The molecule has 9 aromatic carbocycles. The summed E-state index contributed by atoms with van der Waals surface area (Å²) in [5.41, 5.74) is 24.2. The molecule has 5 heteroatoms. The number of nitriles is 2. The zero-order valence-electron chi connectivity index (χ0n) is 35.8. The molecule has 0 radical (unpaired) electrons. The van der Waals surface area contributed by atoms with Crippen LogP contribution in [0.4, 0.5) is 34.1 Å². The lowest BCUT2D eigenvalue weighted by atomic mass is 9.33. The predicted molar refractivity (Wildman–Crippen MR) is 266 cm³/mol. The van der Waals surface area contributed by atoms with Crippen LogP contribution in [0.25, 0.3) is 44.5 Å². The molecule has 0 unspecified atom stereocenters. The van der Waals surface area contributed by atoms with Crippen LogP contribution in [-0.2, 0) is 0 Å². The number of rotatable bonds is 6. The third kappa shape index (κ3) is 6.63. The van der Waals surface area contributed by atoms with E-state index in [-0.39, 0.29) is 6.71 Å². The second kappa shape index (κ2) is 15.5. The molecule has 0 fully saturated rings. The highest BCUT2D eigenvalue weighted by Crippen LogP contribution is 2.47. The second-order valence-electron chi connectivity index (χ2n) is 17.1. The smallest absolute Gasteiger partial charge is 0.252 e. The summed E-state index contributed by atoms with van der Waals surface area (Å²) < 4.78 is 0. The fraction of sp³-hybridized carbons (Fsp3) is 0.0508. The summed E-state index contributed by atoms with van der Waals surface area (Å²) in [6, 6.07) is 74.0. The average Bonchev–Trinajstić information content (AvgIpc) is 3.33. The fourth-order valence-electron chi connectivity index (χ4n) is 9.91. The first kappa shape index (κ1) is 38.5. The van der Waals surface area contributed by atoms with Crippen molar-refractivity contribution in [3.8, 4) is 56.6 Å². The monoisotopic (exact) mass is 816 g/mol. The van der Waals surface area contributed by atoms with Crippen molar-refractivity contribution in [1.82, 2.24) is 0 Å². The van der Waals surface area contributed by atoms with Crippen molar-refractivity contribution in [1.29, 1.82) is 10.5 Å². The van der Waals surface area contributed by atoms with E-state index in [1.165, 1.54) is 55.3 Å². The number of hydrogen-bond donors (Lipinski definition) is 0. The van der Waals surface area contributed by atoms with Gasteiger partial charge in [0.15, 0.2) is 0 Å². The highest BCUT2D eigenvalue weighted by molar-refractivity contribution is 7.00. The lowest BCUT2D eigenvalue weighted by molar-refractivity contribution is 1.23. The molecule has 0 aliphatic carbocycles. The zero-order chi connectivity index (χ0) is 43.5. The van der Waals surface area contributed by atoms with Crippen LogP contribution in [-0.4, -0.2) is 6.71 Å². The number of aryl methyl sites for hydroxylation is 3. The Morgan fingerprint density at radius 3 is 1.12 bits per heavy atom. The lowest BCUT2D eigenvalue weighted by Gasteiger charge is -2.45. The standard InChI is InChI=1S/C59H41BN4/c1-38-26-49(43-10-6-4-7-11-43)32-51(28-38)63-55-24-22-47(45-18-14-41(36-61)15-19-45)34-53(55)60-54-35-48(46-20-16-42(37-62)17-21-46)23-25-56(54)64(58-31-40(3)30-57(63)59(58)60)52-29-39(2)27-50(33-52)44-12-8-5-9-13-44/h4-35H,1-3H3. The molecule has 2 heterocycles. The molecule has 300 valence electrons. The van der Waals surface area contributed by atoms with Crippen LogP contribution >= 0.6 is 0 Å². The third-order valence-corrected chi connectivity index (χ3v) is 12.8. The van der Waals surface area contributed by atoms with Gasteiger partial charge in [0.2, 0.25) is 0 Å². The minimum atomic E-state index is -0.128. The van der Waals surface area contributed by atoms with Crippen molar-refractivity contribution < 1.29 is 0 Å². The van der Waals surface area contributed by atoms with E-state index in [4.69, 9.17) is 0 Å². The van der Waals surface area contributed by atoms with Gasteiger partial charge in [-0.1, -0.05) is 121 Å². The molecule has 0 aromatic heterocycles. The maximum Gasteiger partial charge on any atom is 0.252 e. The Hall–Kier alpha value is -8.38. The van der Waals surface area contributed by atoms with E-state index in [1.807, 2.05) is 24.3 Å². The first-order valence-electron chi connectivity index (χ1n) is 21.7. The van der Waals surface area contributed by atoms with E-state index < -0.39 is 0 Å². The van der Waals surface area contributed by atoms with E-state index in [0.29, 0.717) is 11.1 Å². The van der Waals surface area contributed by atoms with Gasteiger partial charge in [0.05, 0.1) is 23.3 Å². The van der Waals surface area contributed by atoms with Crippen molar-refractivity contribution in [2.45, 2.75) is 20.8 Å². The fourth-order valence-corrected chi connectivity index (χ4v) is 9.91. The van der Waals surface area contributed by atoms with Gasteiger partial charge in [-0.3, -0.25) is 0 Å². The number of anilines is 6. The van der Waals surface area contributed by atoms with Crippen LogP contribution in [0.3, 0.4) is 0 Å². The van der Waals surface area contributed by atoms with Gasteiger partial charge in [0.25, 0.3) is 6.71 Å². The Morgan fingerprint density at radius 1 is 0.344 bits per heavy atom. The van der Waals surface area contributed by atoms with Gasteiger partial charge >= 0.3 is 0 Å². The Bertz CT molecular complexity index is 3160. The Kier molecular flexibility index (Phi) is 9.34. The van der Waals surface area contributed by atoms with Gasteiger partial charge < -0.3 is 9.80 Å². The number of fused-ring (bicyclic) bond motifs is 4. The summed E-state index contributed by atoms with van der Waals surface area (Å²) in [5, 5.41) is 19.3. The SMILES string of the molecule is Cc1cc(-c2ccccc2)cc(N2c3ccc(-c4ccc(C#N)cc4)cc3B3c4cc(-c5ccc(C#N)cc5)ccc4N(c4cc(C)cc(-c5ccccc5)c4)c4cc(C)cc2c43)c1. The van der Waals surface area contributed by atoms with Crippen LogP contribution in [0.2, 0.25) is 0 Å². The normalized spacial score (nSPS) is 12.2. The van der Waals surface area contributed by atoms with E-state index in [9.17, 15) is 10.5 Å². The van der Waals surface area contributed by atoms with Crippen LogP contribution in [0.15, 0.2) is 194 Å². The Labute approximate surface area is 375 Å². The van der Waals surface area contributed by atoms with Gasteiger partial charge in [-0.05, 0) is 171 Å². The average molecular weight is 817 g/mol. The summed E-state index contributed by atoms with van der Waals surface area (Å²) in [4.78, 5) is 4.97. The van der Waals surface area contributed by atoms with Crippen molar-refractivity contribution in [3.63, 3.8) is 0 Å². The van der Waals surface area contributed by atoms with Gasteiger partial charge in [0.1, 0.15) is 0 Å². The highest BCUT2D eigenvalue weighted by atomic mass is 15.2. The molecule has 9 aromatic rings. The zero-order valence-corrected chi connectivity index (χ0v) is 35.8. The molecule has 0 bridgehead atoms. The summed E-state index contributed by atoms with van der Waals surface area (Å²) >= 11 is 0.